The molecule has 0 spiro atoms. The highest BCUT2D eigenvalue weighted by Gasteiger charge is 2.12. The van der Waals surface area contributed by atoms with Gasteiger partial charge in [-0.05, 0) is 26.0 Å². The van der Waals surface area contributed by atoms with Crippen LogP contribution in [-0.2, 0) is 0 Å². The van der Waals surface area contributed by atoms with Crippen molar-refractivity contribution in [3.05, 3.63) is 43.3 Å². The van der Waals surface area contributed by atoms with Gasteiger partial charge >= 0.3 is 0 Å². The average Bonchev–Trinajstić information content (AvgIpc) is 2.73. The first-order valence-electron chi connectivity index (χ1n) is 5.30. The number of halogens is 3. The maximum atomic E-state index is 6.11. The van der Waals surface area contributed by atoms with E-state index in [-0.39, 0.29) is 6.04 Å². The Kier molecular flexibility index (Phi) is 4.38. The Morgan fingerprint density at radius 2 is 1.83 bits per heavy atom. The second kappa shape index (κ2) is 5.66. The molecule has 96 valence electrons. The summed E-state index contributed by atoms with van der Waals surface area (Å²) in [6.45, 7) is 4.00. The standard InChI is InChI=1S/C12H11Cl3N2S/c1-6(12-5-18-7(2)17-12)16-11-4-9(14)8(13)3-10(11)15/h3-6,16H,1-2H3. The lowest BCUT2D eigenvalue weighted by Gasteiger charge is -2.15. The van der Waals surface area contributed by atoms with Crippen molar-refractivity contribution in [2.75, 3.05) is 5.32 Å². The van der Waals surface area contributed by atoms with Crippen LogP contribution in [-0.4, -0.2) is 4.98 Å². The topological polar surface area (TPSA) is 24.9 Å². The molecule has 1 unspecified atom stereocenters. The summed E-state index contributed by atoms with van der Waals surface area (Å²) in [4.78, 5) is 4.43. The number of nitrogens with one attached hydrogen (secondary N) is 1. The van der Waals surface area contributed by atoms with Gasteiger partial charge in [0.05, 0.1) is 37.5 Å². The minimum atomic E-state index is 0.0599. The van der Waals surface area contributed by atoms with Gasteiger partial charge in [0.15, 0.2) is 0 Å². The van der Waals surface area contributed by atoms with E-state index in [0.29, 0.717) is 15.1 Å². The molecule has 1 atom stereocenters. The second-order valence-electron chi connectivity index (χ2n) is 3.90. The molecule has 0 radical (unpaired) electrons. The lowest BCUT2D eigenvalue weighted by Crippen LogP contribution is -2.07. The van der Waals surface area contributed by atoms with Gasteiger partial charge in [0.1, 0.15) is 0 Å². The number of nitrogens with zero attached hydrogens (tertiary/aromatic N) is 1. The maximum Gasteiger partial charge on any atom is 0.0898 e. The minimum absolute atomic E-state index is 0.0599. The maximum absolute atomic E-state index is 6.11. The lowest BCUT2D eigenvalue weighted by molar-refractivity contribution is 0.845. The number of aromatic nitrogens is 1. The quantitative estimate of drug-likeness (QED) is 0.746. The summed E-state index contributed by atoms with van der Waals surface area (Å²) in [5.41, 5.74) is 1.74. The Bertz CT molecular complexity index is 568. The van der Waals surface area contributed by atoms with Gasteiger partial charge in [-0.25, -0.2) is 4.98 Å². The first kappa shape index (κ1) is 13.9. The molecule has 0 saturated heterocycles. The molecule has 1 N–H and O–H groups in total. The van der Waals surface area contributed by atoms with E-state index in [1.807, 2.05) is 19.2 Å². The van der Waals surface area contributed by atoms with Crippen molar-refractivity contribution < 1.29 is 0 Å². The summed E-state index contributed by atoms with van der Waals surface area (Å²) in [5, 5.41) is 7.81. The first-order valence-corrected chi connectivity index (χ1v) is 7.32. The van der Waals surface area contributed by atoms with Crippen LogP contribution in [0.3, 0.4) is 0 Å². The van der Waals surface area contributed by atoms with Crippen LogP contribution in [0.25, 0.3) is 0 Å². The number of hydrogen-bond acceptors (Lipinski definition) is 3. The van der Waals surface area contributed by atoms with Crippen LogP contribution in [0.2, 0.25) is 15.1 Å². The third kappa shape index (κ3) is 3.09. The van der Waals surface area contributed by atoms with Crippen LogP contribution in [0, 0.1) is 6.92 Å². The van der Waals surface area contributed by atoms with Gasteiger partial charge in [0, 0.05) is 5.38 Å². The van der Waals surface area contributed by atoms with Crippen molar-refractivity contribution >= 4 is 51.8 Å². The molecule has 0 bridgehead atoms. The molecule has 18 heavy (non-hydrogen) atoms. The van der Waals surface area contributed by atoms with E-state index in [4.69, 9.17) is 34.8 Å². The molecule has 2 nitrogen and oxygen atoms in total. The SMILES string of the molecule is Cc1nc(C(C)Nc2cc(Cl)c(Cl)cc2Cl)cs1. The number of anilines is 1. The van der Waals surface area contributed by atoms with E-state index >= 15 is 0 Å². The monoisotopic (exact) mass is 320 g/mol. The van der Waals surface area contributed by atoms with Gasteiger partial charge in [-0.3, -0.25) is 0 Å². The molecule has 1 heterocycles. The molecule has 0 aliphatic carbocycles. The molecule has 1 aromatic heterocycles. The normalized spacial score (nSPS) is 12.5. The number of rotatable bonds is 3. The highest BCUT2D eigenvalue weighted by atomic mass is 35.5. The van der Waals surface area contributed by atoms with Gasteiger partial charge in [-0.1, -0.05) is 34.8 Å². The fourth-order valence-electron chi connectivity index (χ4n) is 1.52. The predicted molar refractivity (Wildman–Crippen MR) is 80.4 cm³/mol. The number of hydrogen-bond donors (Lipinski definition) is 1. The molecule has 0 fully saturated rings. The minimum Gasteiger partial charge on any atom is -0.376 e. The van der Waals surface area contributed by atoms with Crippen molar-refractivity contribution in [3.63, 3.8) is 0 Å². The van der Waals surface area contributed by atoms with E-state index in [2.05, 4.69) is 10.3 Å². The highest BCUT2D eigenvalue weighted by Crippen LogP contribution is 2.34. The van der Waals surface area contributed by atoms with Gasteiger partial charge in [0.25, 0.3) is 0 Å². The van der Waals surface area contributed by atoms with E-state index < -0.39 is 0 Å². The number of thiazole rings is 1. The Balaban J connectivity index is 2.21. The zero-order chi connectivity index (χ0) is 13.3. The fourth-order valence-corrected chi connectivity index (χ4v) is 2.83. The Labute approximate surface area is 125 Å². The van der Waals surface area contributed by atoms with Crippen LogP contribution >= 0.6 is 46.1 Å². The van der Waals surface area contributed by atoms with Crippen LogP contribution in [0.4, 0.5) is 5.69 Å². The molecule has 0 saturated carbocycles. The predicted octanol–water partition coefficient (Wildman–Crippen LogP) is 5.58. The largest absolute Gasteiger partial charge is 0.376 e. The molecule has 0 aliphatic heterocycles. The van der Waals surface area contributed by atoms with Crippen molar-refractivity contribution in [3.8, 4) is 0 Å². The van der Waals surface area contributed by atoms with Crippen LogP contribution < -0.4 is 5.32 Å². The molecule has 0 amide bonds. The molecule has 6 heteroatoms. The zero-order valence-corrected chi connectivity index (χ0v) is 12.9. The first-order chi connectivity index (χ1) is 8.47. The van der Waals surface area contributed by atoms with Crippen molar-refractivity contribution in [2.45, 2.75) is 19.9 Å². The summed E-state index contributed by atoms with van der Waals surface area (Å²) >= 11 is 19.6. The lowest BCUT2D eigenvalue weighted by atomic mass is 10.2. The molecule has 0 aliphatic rings. The van der Waals surface area contributed by atoms with Gasteiger partial charge in [0.2, 0.25) is 0 Å². The van der Waals surface area contributed by atoms with E-state index in [1.54, 1.807) is 23.5 Å². The third-order valence-corrected chi connectivity index (χ3v) is 4.29. The van der Waals surface area contributed by atoms with Gasteiger partial charge in [-0.15, -0.1) is 11.3 Å². The summed E-state index contributed by atoms with van der Waals surface area (Å²) < 4.78 is 0. The van der Waals surface area contributed by atoms with E-state index in [1.165, 1.54) is 0 Å². The van der Waals surface area contributed by atoms with Gasteiger partial charge in [-0.2, -0.15) is 0 Å². The van der Waals surface area contributed by atoms with Gasteiger partial charge < -0.3 is 5.32 Å². The Morgan fingerprint density at radius 3 is 2.44 bits per heavy atom. The fraction of sp³-hybridized carbons (Fsp3) is 0.250. The summed E-state index contributed by atoms with van der Waals surface area (Å²) in [7, 11) is 0. The Morgan fingerprint density at radius 1 is 1.17 bits per heavy atom. The van der Waals surface area contributed by atoms with Crippen molar-refractivity contribution in [1.82, 2.24) is 4.98 Å². The van der Waals surface area contributed by atoms with Crippen molar-refractivity contribution in [2.24, 2.45) is 0 Å². The van der Waals surface area contributed by atoms with Crippen molar-refractivity contribution in [1.29, 1.82) is 0 Å². The average molecular weight is 322 g/mol. The van der Waals surface area contributed by atoms with Crippen LogP contribution in [0.1, 0.15) is 23.7 Å². The third-order valence-electron chi connectivity index (χ3n) is 2.46. The summed E-state index contributed by atoms with van der Waals surface area (Å²) in [6.07, 6.45) is 0. The molecular formula is C12H11Cl3N2S. The summed E-state index contributed by atoms with van der Waals surface area (Å²) in [6, 6.07) is 3.42. The highest BCUT2D eigenvalue weighted by molar-refractivity contribution is 7.09. The van der Waals surface area contributed by atoms with Crippen LogP contribution in [0.15, 0.2) is 17.5 Å². The smallest absolute Gasteiger partial charge is 0.0898 e. The van der Waals surface area contributed by atoms with Crippen LogP contribution in [0.5, 0.6) is 0 Å². The second-order valence-corrected chi connectivity index (χ2v) is 6.19. The van der Waals surface area contributed by atoms with E-state index in [9.17, 15) is 0 Å². The molecular weight excluding hydrogens is 311 g/mol. The zero-order valence-electron chi connectivity index (χ0n) is 9.80. The molecule has 1 aromatic carbocycles. The number of benzene rings is 1. The number of aryl methyl sites for hydroxylation is 1. The Hall–Kier alpha value is -0.480. The molecule has 2 aromatic rings. The molecule has 2 rings (SSSR count). The summed E-state index contributed by atoms with van der Waals surface area (Å²) in [5.74, 6) is 0. The van der Waals surface area contributed by atoms with E-state index in [0.717, 1.165) is 16.4 Å².